The van der Waals surface area contributed by atoms with E-state index in [9.17, 15) is 4.79 Å². The summed E-state index contributed by atoms with van der Waals surface area (Å²) in [4.78, 5) is 12.5. The molecule has 0 aliphatic rings. The van der Waals surface area contributed by atoms with Crippen LogP contribution in [0.4, 0.5) is 0 Å². The molecule has 0 aromatic heterocycles. The zero-order valence-electron chi connectivity index (χ0n) is 11.0. The molecule has 2 aromatic rings. The largest absolute Gasteiger partial charge is 0.299 e. The van der Waals surface area contributed by atoms with Crippen molar-refractivity contribution >= 4 is 5.78 Å². The van der Waals surface area contributed by atoms with Gasteiger partial charge >= 0.3 is 0 Å². The van der Waals surface area contributed by atoms with Gasteiger partial charge in [0.2, 0.25) is 0 Å². The fourth-order valence-electron chi connectivity index (χ4n) is 2.23. The minimum atomic E-state index is -0.0843. The Morgan fingerprint density at radius 1 is 1.00 bits per heavy atom. The van der Waals surface area contributed by atoms with Gasteiger partial charge in [-0.05, 0) is 17.5 Å². The van der Waals surface area contributed by atoms with Crippen LogP contribution in [-0.4, -0.2) is 5.78 Å². The van der Waals surface area contributed by atoms with Gasteiger partial charge < -0.3 is 0 Å². The molecule has 0 spiro atoms. The van der Waals surface area contributed by atoms with E-state index in [0.29, 0.717) is 12.8 Å². The summed E-state index contributed by atoms with van der Waals surface area (Å²) < 4.78 is 0. The van der Waals surface area contributed by atoms with Crippen molar-refractivity contribution in [3.8, 4) is 0 Å². The highest BCUT2D eigenvalue weighted by atomic mass is 16.1. The quantitative estimate of drug-likeness (QED) is 0.704. The van der Waals surface area contributed by atoms with E-state index in [1.807, 2.05) is 66.7 Å². The standard InChI is InChI=1S/C18H18O/c1-2-9-17(16-12-7-4-8-13-16)18(19)14-15-10-5-3-6-11-15/h2-8,10-13,17H,1,9,14H2. The van der Waals surface area contributed by atoms with Gasteiger partial charge in [0.15, 0.2) is 0 Å². The first-order chi connectivity index (χ1) is 9.31. The van der Waals surface area contributed by atoms with Gasteiger partial charge in [-0.1, -0.05) is 66.7 Å². The lowest BCUT2D eigenvalue weighted by Crippen LogP contribution is -2.14. The van der Waals surface area contributed by atoms with Gasteiger partial charge in [-0.25, -0.2) is 0 Å². The van der Waals surface area contributed by atoms with Gasteiger partial charge in [0.1, 0.15) is 5.78 Å². The smallest absolute Gasteiger partial charge is 0.145 e. The molecule has 1 nitrogen and oxygen atoms in total. The molecule has 1 atom stereocenters. The average molecular weight is 250 g/mol. The van der Waals surface area contributed by atoms with Crippen LogP contribution in [0.1, 0.15) is 23.5 Å². The van der Waals surface area contributed by atoms with Crippen molar-refractivity contribution in [2.45, 2.75) is 18.8 Å². The number of ketones is 1. The van der Waals surface area contributed by atoms with Crippen LogP contribution in [0.5, 0.6) is 0 Å². The van der Waals surface area contributed by atoms with Crippen LogP contribution >= 0.6 is 0 Å². The van der Waals surface area contributed by atoms with Gasteiger partial charge in [0, 0.05) is 12.3 Å². The van der Waals surface area contributed by atoms with Crippen molar-refractivity contribution in [1.82, 2.24) is 0 Å². The molecule has 0 aliphatic heterocycles. The molecule has 2 aromatic carbocycles. The molecule has 2 rings (SSSR count). The highest BCUT2D eigenvalue weighted by molar-refractivity contribution is 5.87. The Labute approximate surface area is 114 Å². The third-order valence-electron chi connectivity index (χ3n) is 3.21. The number of Topliss-reactive ketones (excluding diaryl/α,β-unsaturated/α-hetero) is 1. The predicted octanol–water partition coefficient (Wildman–Crippen LogP) is 4.16. The number of carbonyl (C=O) groups excluding carboxylic acids is 1. The fraction of sp³-hybridized carbons (Fsp3) is 0.167. The summed E-state index contributed by atoms with van der Waals surface area (Å²) in [6, 6.07) is 19.8. The van der Waals surface area contributed by atoms with Crippen molar-refractivity contribution in [2.75, 3.05) is 0 Å². The van der Waals surface area contributed by atoms with Crippen molar-refractivity contribution < 1.29 is 4.79 Å². The minimum Gasteiger partial charge on any atom is -0.299 e. The lowest BCUT2D eigenvalue weighted by Gasteiger charge is -2.14. The van der Waals surface area contributed by atoms with E-state index >= 15 is 0 Å². The Morgan fingerprint density at radius 2 is 1.58 bits per heavy atom. The highest BCUT2D eigenvalue weighted by Gasteiger charge is 2.18. The molecule has 0 radical (unpaired) electrons. The SMILES string of the molecule is C=CCC(C(=O)Cc1ccccc1)c1ccccc1. The van der Waals surface area contributed by atoms with Crippen LogP contribution in [0.3, 0.4) is 0 Å². The molecule has 0 saturated carbocycles. The van der Waals surface area contributed by atoms with Gasteiger partial charge in [-0.3, -0.25) is 4.79 Å². The summed E-state index contributed by atoms with van der Waals surface area (Å²) in [5, 5.41) is 0. The summed E-state index contributed by atoms with van der Waals surface area (Å²) in [6.07, 6.45) is 2.99. The zero-order chi connectivity index (χ0) is 13.5. The van der Waals surface area contributed by atoms with Crippen molar-refractivity contribution in [1.29, 1.82) is 0 Å². The van der Waals surface area contributed by atoms with Crippen LogP contribution in [0.15, 0.2) is 73.3 Å². The molecule has 0 N–H and O–H groups in total. The number of allylic oxidation sites excluding steroid dienone is 1. The Balaban J connectivity index is 2.15. The molecule has 96 valence electrons. The Morgan fingerprint density at radius 3 is 2.16 bits per heavy atom. The van der Waals surface area contributed by atoms with E-state index in [0.717, 1.165) is 11.1 Å². The number of carbonyl (C=O) groups is 1. The number of rotatable bonds is 6. The van der Waals surface area contributed by atoms with E-state index in [2.05, 4.69) is 6.58 Å². The summed E-state index contributed by atoms with van der Waals surface area (Å²) in [6.45, 7) is 3.76. The summed E-state index contributed by atoms with van der Waals surface area (Å²) in [5.41, 5.74) is 2.14. The van der Waals surface area contributed by atoms with E-state index in [-0.39, 0.29) is 11.7 Å². The first-order valence-electron chi connectivity index (χ1n) is 6.53. The van der Waals surface area contributed by atoms with E-state index in [1.54, 1.807) is 0 Å². The third-order valence-corrected chi connectivity index (χ3v) is 3.21. The van der Waals surface area contributed by atoms with Crippen molar-refractivity contribution in [3.05, 3.63) is 84.4 Å². The monoisotopic (exact) mass is 250 g/mol. The molecule has 0 fully saturated rings. The number of hydrogen-bond acceptors (Lipinski definition) is 1. The van der Waals surface area contributed by atoms with Gasteiger partial charge in [-0.2, -0.15) is 0 Å². The maximum absolute atomic E-state index is 12.5. The molecule has 0 heterocycles. The second kappa shape index (κ2) is 6.69. The zero-order valence-corrected chi connectivity index (χ0v) is 11.0. The van der Waals surface area contributed by atoms with Crippen LogP contribution in [-0.2, 0) is 11.2 Å². The van der Waals surface area contributed by atoms with E-state index < -0.39 is 0 Å². The molecular formula is C18H18O. The average Bonchev–Trinajstić information content (AvgIpc) is 2.46. The topological polar surface area (TPSA) is 17.1 Å². The Bertz CT molecular complexity index is 528. The van der Waals surface area contributed by atoms with Gasteiger partial charge in [-0.15, -0.1) is 6.58 Å². The van der Waals surface area contributed by atoms with Crippen LogP contribution in [0.25, 0.3) is 0 Å². The molecule has 0 saturated heterocycles. The molecule has 1 unspecified atom stereocenters. The van der Waals surface area contributed by atoms with Crippen molar-refractivity contribution in [2.24, 2.45) is 0 Å². The maximum Gasteiger partial charge on any atom is 0.145 e. The van der Waals surface area contributed by atoms with Crippen molar-refractivity contribution in [3.63, 3.8) is 0 Å². The Hall–Kier alpha value is -2.15. The normalized spacial score (nSPS) is 11.8. The number of hydrogen-bond donors (Lipinski definition) is 0. The summed E-state index contributed by atoms with van der Waals surface area (Å²) >= 11 is 0. The lowest BCUT2D eigenvalue weighted by molar-refractivity contribution is -0.119. The lowest BCUT2D eigenvalue weighted by atomic mass is 9.88. The first kappa shape index (κ1) is 13.3. The molecular weight excluding hydrogens is 232 g/mol. The van der Waals surface area contributed by atoms with Gasteiger partial charge in [0.05, 0.1) is 0 Å². The van der Waals surface area contributed by atoms with E-state index in [1.165, 1.54) is 0 Å². The predicted molar refractivity (Wildman–Crippen MR) is 79.2 cm³/mol. The van der Waals surface area contributed by atoms with Crippen LogP contribution in [0, 0.1) is 0 Å². The summed E-state index contributed by atoms with van der Waals surface area (Å²) in [5.74, 6) is 0.163. The van der Waals surface area contributed by atoms with Gasteiger partial charge in [0.25, 0.3) is 0 Å². The van der Waals surface area contributed by atoms with E-state index in [4.69, 9.17) is 0 Å². The minimum absolute atomic E-state index is 0.0843. The maximum atomic E-state index is 12.5. The second-order valence-electron chi connectivity index (χ2n) is 4.62. The molecule has 0 bridgehead atoms. The molecule has 19 heavy (non-hydrogen) atoms. The molecule has 0 amide bonds. The summed E-state index contributed by atoms with van der Waals surface area (Å²) in [7, 11) is 0. The highest BCUT2D eigenvalue weighted by Crippen LogP contribution is 2.22. The second-order valence-corrected chi connectivity index (χ2v) is 4.62. The number of benzene rings is 2. The fourth-order valence-corrected chi connectivity index (χ4v) is 2.23. The first-order valence-corrected chi connectivity index (χ1v) is 6.53. The Kier molecular flexibility index (Phi) is 4.68. The third kappa shape index (κ3) is 3.65. The molecule has 1 heteroatoms. The van der Waals surface area contributed by atoms with Crippen LogP contribution in [0.2, 0.25) is 0 Å². The molecule has 0 aliphatic carbocycles. The van der Waals surface area contributed by atoms with Crippen LogP contribution < -0.4 is 0 Å².